The van der Waals surface area contributed by atoms with Gasteiger partial charge in [-0.15, -0.1) is 0 Å². The van der Waals surface area contributed by atoms with Crippen LogP contribution in [0.3, 0.4) is 0 Å². The van der Waals surface area contributed by atoms with Crippen LogP contribution in [-0.4, -0.2) is 15.2 Å². The van der Waals surface area contributed by atoms with E-state index in [1.54, 1.807) is 12.4 Å². The summed E-state index contributed by atoms with van der Waals surface area (Å²) < 4.78 is -0.525. The minimum atomic E-state index is -0.525. The summed E-state index contributed by atoms with van der Waals surface area (Å²) in [5, 5.41) is 2.85. The molecule has 1 aromatic heterocycles. The first-order chi connectivity index (χ1) is 6.91. The van der Waals surface area contributed by atoms with Crippen LogP contribution < -0.4 is 5.32 Å². The van der Waals surface area contributed by atoms with Crippen LogP contribution in [0.4, 0.5) is 0 Å². The highest BCUT2D eigenvalue weighted by Gasteiger charge is 2.22. The molecule has 1 heterocycles. The summed E-state index contributed by atoms with van der Waals surface area (Å²) in [7, 11) is 0. The SMILES string of the molecule is Cc1ccncc1CNC(=O)C(C)(C)Br. The summed E-state index contributed by atoms with van der Waals surface area (Å²) in [6, 6.07) is 1.93. The Bertz CT molecular complexity index is 358. The monoisotopic (exact) mass is 270 g/mol. The molecule has 1 aromatic rings. The van der Waals surface area contributed by atoms with Gasteiger partial charge >= 0.3 is 0 Å². The van der Waals surface area contributed by atoms with Crippen LogP contribution >= 0.6 is 15.9 Å². The Morgan fingerprint density at radius 1 is 1.60 bits per heavy atom. The fourth-order valence-electron chi connectivity index (χ4n) is 1.07. The van der Waals surface area contributed by atoms with Crippen LogP contribution in [0, 0.1) is 6.92 Å². The predicted octanol–water partition coefficient (Wildman–Crippen LogP) is 2.18. The maximum Gasteiger partial charge on any atom is 0.236 e. The van der Waals surface area contributed by atoms with Gasteiger partial charge in [-0.05, 0) is 38.0 Å². The highest BCUT2D eigenvalue weighted by molar-refractivity contribution is 9.10. The van der Waals surface area contributed by atoms with Gasteiger partial charge in [0, 0.05) is 18.9 Å². The standard InChI is InChI=1S/C11H15BrN2O/c1-8-4-5-13-6-9(8)7-14-10(15)11(2,3)12/h4-6H,7H2,1-3H3,(H,14,15). The second-order valence-corrected chi connectivity index (χ2v) is 5.94. The number of hydrogen-bond donors (Lipinski definition) is 1. The number of nitrogens with zero attached hydrogens (tertiary/aromatic N) is 1. The number of hydrogen-bond acceptors (Lipinski definition) is 2. The van der Waals surface area contributed by atoms with Gasteiger partial charge in [0.1, 0.15) is 0 Å². The van der Waals surface area contributed by atoms with Gasteiger partial charge in [-0.3, -0.25) is 9.78 Å². The average molecular weight is 271 g/mol. The van der Waals surface area contributed by atoms with Crippen LogP contribution in [0.1, 0.15) is 25.0 Å². The Hall–Kier alpha value is -0.900. The molecule has 0 aliphatic carbocycles. The molecule has 0 aliphatic heterocycles. The molecule has 1 N–H and O–H groups in total. The van der Waals surface area contributed by atoms with Gasteiger partial charge in [0.25, 0.3) is 0 Å². The Labute approximate surface area is 98.4 Å². The molecule has 4 heteroatoms. The molecule has 0 saturated heterocycles. The third-order valence-corrected chi connectivity index (χ3v) is 2.49. The Balaban J connectivity index is 2.59. The van der Waals surface area contributed by atoms with Crippen LogP contribution in [0.25, 0.3) is 0 Å². The van der Waals surface area contributed by atoms with Gasteiger partial charge in [0.15, 0.2) is 0 Å². The normalized spacial score (nSPS) is 11.2. The Morgan fingerprint density at radius 3 is 2.80 bits per heavy atom. The molecular weight excluding hydrogens is 256 g/mol. The summed E-state index contributed by atoms with van der Waals surface area (Å²) in [6.45, 7) is 6.16. The molecule has 0 spiro atoms. The van der Waals surface area contributed by atoms with Crippen LogP contribution in [0.15, 0.2) is 18.5 Å². The molecule has 15 heavy (non-hydrogen) atoms. The molecule has 82 valence electrons. The number of amides is 1. The lowest BCUT2D eigenvalue weighted by Gasteiger charge is -2.16. The summed E-state index contributed by atoms with van der Waals surface area (Å²) in [5.74, 6) is -0.0225. The summed E-state index contributed by atoms with van der Waals surface area (Å²) >= 11 is 3.31. The summed E-state index contributed by atoms with van der Waals surface area (Å²) in [4.78, 5) is 15.6. The number of pyridine rings is 1. The van der Waals surface area contributed by atoms with E-state index in [-0.39, 0.29) is 5.91 Å². The molecule has 0 bridgehead atoms. The zero-order valence-corrected chi connectivity index (χ0v) is 10.8. The first-order valence-corrected chi connectivity index (χ1v) is 5.57. The molecule has 0 aromatic carbocycles. The van der Waals surface area contributed by atoms with Crippen molar-refractivity contribution in [3.63, 3.8) is 0 Å². The van der Waals surface area contributed by atoms with Crippen LogP contribution in [0.5, 0.6) is 0 Å². The van der Waals surface area contributed by atoms with Crippen LogP contribution in [-0.2, 0) is 11.3 Å². The van der Waals surface area contributed by atoms with Gasteiger partial charge in [-0.2, -0.15) is 0 Å². The fraction of sp³-hybridized carbons (Fsp3) is 0.455. The number of aromatic nitrogens is 1. The maximum absolute atomic E-state index is 11.6. The second-order valence-electron chi connectivity index (χ2n) is 3.96. The molecule has 1 rings (SSSR count). The van der Waals surface area contributed by atoms with E-state index < -0.39 is 4.32 Å². The minimum Gasteiger partial charge on any atom is -0.351 e. The third kappa shape index (κ3) is 3.63. The van der Waals surface area contributed by atoms with Crippen molar-refractivity contribution < 1.29 is 4.79 Å². The highest BCUT2D eigenvalue weighted by Crippen LogP contribution is 2.15. The maximum atomic E-state index is 11.6. The smallest absolute Gasteiger partial charge is 0.236 e. The van der Waals surface area contributed by atoms with E-state index in [9.17, 15) is 4.79 Å². The minimum absolute atomic E-state index is 0.0225. The van der Waals surface area contributed by atoms with Crippen LogP contribution in [0.2, 0.25) is 0 Å². The van der Waals surface area contributed by atoms with Crippen molar-refractivity contribution in [3.05, 3.63) is 29.6 Å². The molecule has 0 saturated carbocycles. The van der Waals surface area contributed by atoms with Gasteiger partial charge in [0.05, 0.1) is 4.32 Å². The first-order valence-electron chi connectivity index (χ1n) is 4.78. The molecule has 3 nitrogen and oxygen atoms in total. The lowest BCUT2D eigenvalue weighted by molar-refractivity contribution is -0.122. The van der Waals surface area contributed by atoms with Crippen molar-refractivity contribution in [1.29, 1.82) is 0 Å². The van der Waals surface area contributed by atoms with Crippen molar-refractivity contribution in [2.75, 3.05) is 0 Å². The van der Waals surface area contributed by atoms with Gasteiger partial charge < -0.3 is 5.32 Å². The molecule has 0 atom stereocenters. The topological polar surface area (TPSA) is 42.0 Å². The predicted molar refractivity (Wildman–Crippen MR) is 63.8 cm³/mol. The number of carbonyl (C=O) groups excluding carboxylic acids is 1. The lowest BCUT2D eigenvalue weighted by Crippen LogP contribution is -2.37. The lowest BCUT2D eigenvalue weighted by atomic mass is 10.1. The van der Waals surface area contributed by atoms with E-state index in [2.05, 4.69) is 26.2 Å². The van der Waals surface area contributed by atoms with E-state index in [1.807, 2.05) is 26.8 Å². The van der Waals surface area contributed by atoms with Crippen molar-refractivity contribution in [2.45, 2.75) is 31.6 Å². The second kappa shape index (κ2) is 4.75. The summed E-state index contributed by atoms with van der Waals surface area (Å²) in [6.07, 6.45) is 3.52. The molecule has 0 fully saturated rings. The molecule has 0 aliphatic rings. The fourth-order valence-corrected chi connectivity index (χ4v) is 1.21. The molecule has 0 unspecified atom stereocenters. The largest absolute Gasteiger partial charge is 0.351 e. The Morgan fingerprint density at radius 2 is 2.27 bits per heavy atom. The van der Waals surface area contributed by atoms with Crippen molar-refractivity contribution >= 4 is 21.8 Å². The zero-order chi connectivity index (χ0) is 11.5. The van der Waals surface area contributed by atoms with Gasteiger partial charge in [-0.1, -0.05) is 15.9 Å². The van der Waals surface area contributed by atoms with Crippen molar-refractivity contribution in [1.82, 2.24) is 10.3 Å². The van der Waals surface area contributed by atoms with E-state index in [0.29, 0.717) is 6.54 Å². The van der Waals surface area contributed by atoms with Gasteiger partial charge in [0.2, 0.25) is 5.91 Å². The molecule has 1 amide bonds. The number of aryl methyl sites for hydroxylation is 1. The van der Waals surface area contributed by atoms with E-state index in [1.165, 1.54) is 0 Å². The van der Waals surface area contributed by atoms with E-state index in [0.717, 1.165) is 11.1 Å². The number of alkyl halides is 1. The van der Waals surface area contributed by atoms with Crippen molar-refractivity contribution in [2.24, 2.45) is 0 Å². The highest BCUT2D eigenvalue weighted by atomic mass is 79.9. The zero-order valence-electron chi connectivity index (χ0n) is 9.17. The number of halogens is 1. The van der Waals surface area contributed by atoms with Gasteiger partial charge in [-0.25, -0.2) is 0 Å². The quantitative estimate of drug-likeness (QED) is 0.856. The molecule has 0 radical (unpaired) electrons. The third-order valence-electron chi connectivity index (χ3n) is 2.13. The van der Waals surface area contributed by atoms with Crippen molar-refractivity contribution in [3.8, 4) is 0 Å². The number of nitrogens with one attached hydrogen (secondary N) is 1. The summed E-state index contributed by atoms with van der Waals surface area (Å²) in [5.41, 5.74) is 2.18. The molecular formula is C11H15BrN2O. The van der Waals surface area contributed by atoms with E-state index in [4.69, 9.17) is 0 Å². The number of rotatable bonds is 3. The average Bonchev–Trinajstić information content (AvgIpc) is 2.14. The Kier molecular flexibility index (Phi) is 3.85. The first kappa shape index (κ1) is 12.2. The van der Waals surface area contributed by atoms with E-state index >= 15 is 0 Å². The number of carbonyl (C=O) groups is 1.